The van der Waals surface area contributed by atoms with Gasteiger partial charge in [-0.1, -0.05) is 11.3 Å². The fourth-order valence-corrected chi connectivity index (χ4v) is 2.83. The number of hydrogen-bond acceptors (Lipinski definition) is 6. The summed E-state index contributed by atoms with van der Waals surface area (Å²) in [5.41, 5.74) is 0.721. The van der Waals surface area contributed by atoms with E-state index >= 15 is 0 Å². The van der Waals surface area contributed by atoms with E-state index in [1.165, 1.54) is 25.1 Å². The summed E-state index contributed by atoms with van der Waals surface area (Å²) >= 11 is 1.15. The number of halogens is 1. The molecule has 3 aromatic rings. The smallest absolute Gasteiger partial charge is 0.409 e. The van der Waals surface area contributed by atoms with Crippen LogP contribution >= 0.6 is 11.3 Å². The van der Waals surface area contributed by atoms with Gasteiger partial charge in [0.25, 0.3) is 0 Å². The highest BCUT2D eigenvalue weighted by Crippen LogP contribution is 2.30. The zero-order chi connectivity index (χ0) is 18.0. The van der Waals surface area contributed by atoms with Crippen LogP contribution in [-0.2, 0) is 4.79 Å². The van der Waals surface area contributed by atoms with E-state index in [0.29, 0.717) is 15.5 Å². The maximum Gasteiger partial charge on any atom is 0.409 e. The molecule has 2 aromatic heterocycles. The quantitative estimate of drug-likeness (QED) is 0.652. The van der Waals surface area contributed by atoms with Gasteiger partial charge in [-0.25, -0.2) is 19.2 Å². The van der Waals surface area contributed by atoms with Crippen LogP contribution in [0.1, 0.15) is 6.92 Å². The van der Waals surface area contributed by atoms with Crippen LogP contribution in [0.5, 0.6) is 11.6 Å². The molecule has 3 rings (SSSR count). The summed E-state index contributed by atoms with van der Waals surface area (Å²) in [6, 6.07) is 6.69. The highest BCUT2D eigenvalue weighted by atomic mass is 32.1. The van der Waals surface area contributed by atoms with Gasteiger partial charge >= 0.3 is 6.09 Å². The first-order valence-corrected chi connectivity index (χ1v) is 7.75. The van der Waals surface area contributed by atoms with Gasteiger partial charge in [-0.05, 0) is 18.2 Å². The van der Waals surface area contributed by atoms with Gasteiger partial charge in [0.2, 0.25) is 11.8 Å². The molecule has 0 saturated carbocycles. The summed E-state index contributed by atoms with van der Waals surface area (Å²) < 4.78 is 19.3. The Morgan fingerprint density at radius 3 is 2.72 bits per heavy atom. The van der Waals surface area contributed by atoms with Crippen LogP contribution in [-0.4, -0.2) is 27.1 Å². The summed E-state index contributed by atoms with van der Waals surface area (Å²) in [6.45, 7) is 1.37. The molecule has 0 aliphatic carbocycles. The second kappa shape index (κ2) is 6.69. The third kappa shape index (κ3) is 3.98. The number of rotatable bonds is 4. The van der Waals surface area contributed by atoms with E-state index in [2.05, 4.69) is 20.6 Å². The Balaban J connectivity index is 1.87. The van der Waals surface area contributed by atoms with Crippen LogP contribution in [0, 0.1) is 5.82 Å². The highest BCUT2D eigenvalue weighted by Gasteiger charge is 2.11. The molecule has 0 radical (unpaired) electrons. The lowest BCUT2D eigenvalue weighted by atomic mass is 10.3. The first-order valence-electron chi connectivity index (χ1n) is 6.93. The zero-order valence-electron chi connectivity index (χ0n) is 12.7. The van der Waals surface area contributed by atoms with E-state index in [9.17, 15) is 14.0 Å². The van der Waals surface area contributed by atoms with Gasteiger partial charge in [-0.3, -0.25) is 10.1 Å². The second-order valence-corrected chi connectivity index (χ2v) is 5.83. The zero-order valence-corrected chi connectivity index (χ0v) is 13.6. The van der Waals surface area contributed by atoms with Crippen molar-refractivity contribution in [1.82, 2.24) is 9.97 Å². The molecule has 0 bridgehead atoms. The lowest BCUT2D eigenvalue weighted by Crippen LogP contribution is -2.07. The van der Waals surface area contributed by atoms with Crippen LogP contribution in [0.2, 0.25) is 0 Å². The summed E-state index contributed by atoms with van der Waals surface area (Å²) in [6.07, 6.45) is -1.27. The molecule has 0 aliphatic heterocycles. The third-order valence-electron chi connectivity index (χ3n) is 2.91. The van der Waals surface area contributed by atoms with E-state index in [0.717, 1.165) is 17.4 Å². The van der Waals surface area contributed by atoms with Crippen LogP contribution in [0.3, 0.4) is 0 Å². The maximum atomic E-state index is 13.9. The van der Waals surface area contributed by atoms with E-state index in [1.54, 1.807) is 6.07 Å². The number of anilines is 2. The van der Waals surface area contributed by atoms with Crippen LogP contribution < -0.4 is 15.4 Å². The maximum absolute atomic E-state index is 13.9. The standard InChI is InChI=1S/C15H11FN4O4S/c1-7(21)17-14-19-10-4-5-12(20-13(10)25-14)24-11-6-8(18-15(22)23)2-3-9(11)16/h2-6,18H,1H3,(H,22,23)(H,17,19,21). The fraction of sp³-hybridized carbons (Fsp3) is 0.0667. The van der Waals surface area contributed by atoms with Gasteiger partial charge in [0.1, 0.15) is 10.3 Å². The Bertz CT molecular complexity index is 975. The molecule has 0 fully saturated rings. The van der Waals surface area contributed by atoms with E-state index in [1.807, 2.05) is 0 Å². The average Bonchev–Trinajstić information content (AvgIpc) is 2.90. The summed E-state index contributed by atoms with van der Waals surface area (Å²) in [4.78, 5) is 30.6. The molecule has 8 nitrogen and oxygen atoms in total. The van der Waals surface area contributed by atoms with Gasteiger partial charge in [0.05, 0.1) is 0 Å². The predicted octanol–water partition coefficient (Wildman–Crippen LogP) is 3.67. The molecule has 3 N–H and O–H groups in total. The molecule has 2 heterocycles. The third-order valence-corrected chi connectivity index (χ3v) is 3.79. The number of aromatic nitrogens is 2. The number of thiazole rings is 1. The minimum atomic E-state index is -1.27. The number of pyridine rings is 1. The van der Waals surface area contributed by atoms with Crippen LogP contribution in [0.25, 0.3) is 10.3 Å². The Labute approximate surface area is 144 Å². The molecule has 1 aromatic carbocycles. The lowest BCUT2D eigenvalue weighted by Gasteiger charge is -2.08. The molecule has 0 unspecified atom stereocenters. The number of ether oxygens (including phenoxy) is 1. The first-order chi connectivity index (χ1) is 11.9. The minimum Gasteiger partial charge on any atom is -0.465 e. The molecule has 25 heavy (non-hydrogen) atoms. The van der Waals surface area contributed by atoms with Gasteiger partial charge in [-0.15, -0.1) is 0 Å². The van der Waals surface area contributed by atoms with Crippen LogP contribution in [0.4, 0.5) is 20.0 Å². The number of nitrogens with zero attached hydrogens (tertiary/aromatic N) is 2. The van der Waals surface area contributed by atoms with Crippen molar-refractivity contribution in [2.75, 3.05) is 10.6 Å². The number of amides is 2. The lowest BCUT2D eigenvalue weighted by molar-refractivity contribution is -0.114. The topological polar surface area (TPSA) is 113 Å². The molecular formula is C15H11FN4O4S. The van der Waals surface area contributed by atoms with Gasteiger partial charge in [0.15, 0.2) is 16.7 Å². The van der Waals surface area contributed by atoms with Crippen LogP contribution in [0.15, 0.2) is 30.3 Å². The number of carboxylic acid groups (broad SMARTS) is 1. The fourth-order valence-electron chi connectivity index (χ4n) is 1.96. The van der Waals surface area contributed by atoms with Gasteiger partial charge < -0.3 is 15.2 Å². The molecule has 0 saturated heterocycles. The highest BCUT2D eigenvalue weighted by molar-refractivity contribution is 7.21. The van der Waals surface area contributed by atoms with E-state index in [-0.39, 0.29) is 23.2 Å². The second-order valence-electron chi connectivity index (χ2n) is 4.85. The summed E-state index contributed by atoms with van der Waals surface area (Å²) in [5.74, 6) is -0.983. The van der Waals surface area contributed by atoms with Gasteiger partial charge in [-0.2, -0.15) is 0 Å². The largest absolute Gasteiger partial charge is 0.465 e. The molecule has 128 valence electrons. The Morgan fingerprint density at radius 2 is 2.00 bits per heavy atom. The van der Waals surface area contributed by atoms with Gasteiger partial charge in [0, 0.05) is 24.7 Å². The van der Waals surface area contributed by atoms with Crippen molar-refractivity contribution in [1.29, 1.82) is 0 Å². The van der Waals surface area contributed by atoms with Crippen molar-refractivity contribution < 1.29 is 23.8 Å². The van der Waals surface area contributed by atoms with E-state index in [4.69, 9.17) is 9.84 Å². The summed E-state index contributed by atoms with van der Waals surface area (Å²) in [7, 11) is 0. The Morgan fingerprint density at radius 1 is 1.20 bits per heavy atom. The Kier molecular flexibility index (Phi) is 4.44. The van der Waals surface area contributed by atoms with Crippen molar-refractivity contribution in [2.45, 2.75) is 6.92 Å². The van der Waals surface area contributed by atoms with Crippen molar-refractivity contribution in [3.8, 4) is 11.6 Å². The Hall–Kier alpha value is -3.27. The normalized spacial score (nSPS) is 10.5. The average molecular weight is 362 g/mol. The number of fused-ring (bicyclic) bond motifs is 1. The number of carbonyl (C=O) groups is 2. The number of hydrogen-bond donors (Lipinski definition) is 3. The first kappa shape index (κ1) is 16.6. The SMILES string of the molecule is CC(=O)Nc1nc2ccc(Oc3cc(NC(=O)O)ccc3F)nc2s1. The number of benzene rings is 1. The monoisotopic (exact) mass is 362 g/mol. The summed E-state index contributed by atoms with van der Waals surface area (Å²) in [5, 5.41) is 13.8. The molecule has 0 spiro atoms. The molecule has 2 amide bonds. The predicted molar refractivity (Wildman–Crippen MR) is 89.8 cm³/mol. The van der Waals surface area contributed by atoms with Crippen molar-refractivity contribution in [3.63, 3.8) is 0 Å². The molecule has 0 atom stereocenters. The number of nitrogens with one attached hydrogen (secondary N) is 2. The van der Waals surface area contributed by atoms with Crippen molar-refractivity contribution >= 4 is 44.5 Å². The minimum absolute atomic E-state index is 0.108. The van der Waals surface area contributed by atoms with Crippen molar-refractivity contribution in [2.24, 2.45) is 0 Å². The van der Waals surface area contributed by atoms with Crippen molar-refractivity contribution in [3.05, 3.63) is 36.1 Å². The van der Waals surface area contributed by atoms with E-state index < -0.39 is 11.9 Å². The molecule has 0 aliphatic rings. The number of carbonyl (C=O) groups excluding carboxylic acids is 1. The molecule has 10 heteroatoms. The molecular weight excluding hydrogens is 351 g/mol.